The van der Waals surface area contributed by atoms with Gasteiger partial charge in [0, 0.05) is 4.47 Å². The zero-order valence-corrected chi connectivity index (χ0v) is 11.9. The highest BCUT2D eigenvalue weighted by atomic mass is 79.9. The average Bonchev–Trinajstić information content (AvgIpc) is 2.64. The molecule has 1 aliphatic heterocycles. The minimum absolute atomic E-state index is 0.172. The number of hydrogen-bond acceptors (Lipinski definition) is 2. The van der Waals surface area contributed by atoms with E-state index < -0.39 is 11.7 Å². The standard InChI is InChI=1S/C15H9BrFNO2/c16-10-4-5-12-13(7-10)18(15(20)14(12)19)8-9-2-1-3-11(17)6-9/h1-7H,8H2. The molecule has 2 aromatic rings. The molecule has 2 aromatic carbocycles. The maximum Gasteiger partial charge on any atom is 0.299 e. The summed E-state index contributed by atoms with van der Waals surface area (Å²) in [6.07, 6.45) is 0. The monoisotopic (exact) mass is 333 g/mol. The second kappa shape index (κ2) is 4.83. The molecule has 5 heteroatoms. The summed E-state index contributed by atoms with van der Waals surface area (Å²) < 4.78 is 14.0. The topological polar surface area (TPSA) is 37.4 Å². The van der Waals surface area contributed by atoms with Crippen LogP contribution in [0, 0.1) is 5.82 Å². The van der Waals surface area contributed by atoms with E-state index in [-0.39, 0.29) is 12.4 Å². The number of hydrogen-bond donors (Lipinski definition) is 0. The lowest BCUT2D eigenvalue weighted by Crippen LogP contribution is -2.29. The van der Waals surface area contributed by atoms with Gasteiger partial charge in [-0.15, -0.1) is 0 Å². The van der Waals surface area contributed by atoms with Crippen molar-refractivity contribution in [3.05, 3.63) is 63.9 Å². The van der Waals surface area contributed by atoms with E-state index in [0.717, 1.165) is 4.47 Å². The molecule has 0 bridgehead atoms. The Labute approximate surface area is 123 Å². The number of amides is 1. The molecular formula is C15H9BrFNO2. The maximum atomic E-state index is 13.2. The Morgan fingerprint density at radius 2 is 1.90 bits per heavy atom. The van der Waals surface area contributed by atoms with E-state index in [1.165, 1.54) is 17.0 Å². The van der Waals surface area contributed by atoms with Gasteiger partial charge in [0.25, 0.3) is 11.7 Å². The molecule has 1 aliphatic rings. The molecule has 0 aliphatic carbocycles. The van der Waals surface area contributed by atoms with Gasteiger partial charge in [-0.25, -0.2) is 4.39 Å². The zero-order chi connectivity index (χ0) is 14.3. The fourth-order valence-corrected chi connectivity index (χ4v) is 2.59. The molecule has 1 heterocycles. The van der Waals surface area contributed by atoms with E-state index in [4.69, 9.17) is 0 Å². The van der Waals surface area contributed by atoms with E-state index in [0.29, 0.717) is 16.8 Å². The number of nitrogens with zero attached hydrogens (tertiary/aromatic N) is 1. The van der Waals surface area contributed by atoms with Crippen molar-refractivity contribution in [2.75, 3.05) is 4.90 Å². The number of anilines is 1. The van der Waals surface area contributed by atoms with Crippen molar-refractivity contribution >= 4 is 33.3 Å². The molecule has 20 heavy (non-hydrogen) atoms. The van der Waals surface area contributed by atoms with Crippen molar-refractivity contribution < 1.29 is 14.0 Å². The highest BCUT2D eigenvalue weighted by Crippen LogP contribution is 2.32. The van der Waals surface area contributed by atoms with E-state index in [2.05, 4.69) is 15.9 Å². The van der Waals surface area contributed by atoms with Crippen molar-refractivity contribution in [2.24, 2.45) is 0 Å². The third kappa shape index (κ3) is 2.14. The summed E-state index contributed by atoms with van der Waals surface area (Å²) in [5, 5.41) is 0. The quantitative estimate of drug-likeness (QED) is 0.790. The number of halogens is 2. The summed E-state index contributed by atoms with van der Waals surface area (Å²) in [7, 11) is 0. The molecule has 0 N–H and O–H groups in total. The molecule has 0 spiro atoms. The first-order valence-corrected chi connectivity index (χ1v) is 6.76. The van der Waals surface area contributed by atoms with Gasteiger partial charge in [-0.2, -0.15) is 0 Å². The molecule has 0 atom stereocenters. The molecular weight excluding hydrogens is 325 g/mol. The number of carbonyl (C=O) groups is 2. The Hall–Kier alpha value is -2.01. The van der Waals surface area contributed by atoms with Gasteiger partial charge >= 0.3 is 0 Å². The van der Waals surface area contributed by atoms with Crippen LogP contribution in [0.3, 0.4) is 0 Å². The van der Waals surface area contributed by atoms with Crippen LogP contribution in [0.15, 0.2) is 46.9 Å². The maximum absolute atomic E-state index is 13.2. The van der Waals surface area contributed by atoms with Crippen LogP contribution in [0.25, 0.3) is 0 Å². The van der Waals surface area contributed by atoms with Gasteiger partial charge in [0.1, 0.15) is 5.82 Å². The number of carbonyl (C=O) groups excluding carboxylic acids is 2. The minimum atomic E-state index is -0.581. The Kier molecular flexibility index (Phi) is 3.14. The third-order valence-corrected chi connectivity index (χ3v) is 3.66. The Morgan fingerprint density at radius 3 is 2.65 bits per heavy atom. The predicted molar refractivity (Wildman–Crippen MR) is 76.1 cm³/mol. The summed E-state index contributed by atoms with van der Waals surface area (Å²) in [4.78, 5) is 25.3. The lowest BCUT2D eigenvalue weighted by molar-refractivity contribution is -0.114. The largest absolute Gasteiger partial charge is 0.300 e. The Morgan fingerprint density at radius 1 is 1.10 bits per heavy atom. The summed E-state index contributed by atoms with van der Waals surface area (Å²) in [5.74, 6) is -1.47. The number of Topliss-reactive ketones (excluding diaryl/α,β-unsaturated/α-hetero) is 1. The van der Waals surface area contributed by atoms with Gasteiger partial charge in [0.2, 0.25) is 0 Å². The Bertz CT molecular complexity index is 730. The van der Waals surface area contributed by atoms with Gasteiger partial charge < -0.3 is 4.90 Å². The van der Waals surface area contributed by atoms with E-state index in [9.17, 15) is 14.0 Å². The summed E-state index contributed by atoms with van der Waals surface area (Å²) >= 11 is 3.32. The molecule has 3 rings (SSSR count). The van der Waals surface area contributed by atoms with Crippen molar-refractivity contribution in [3.8, 4) is 0 Å². The fraction of sp³-hybridized carbons (Fsp3) is 0.0667. The first-order valence-electron chi connectivity index (χ1n) is 5.96. The molecule has 0 unspecified atom stereocenters. The van der Waals surface area contributed by atoms with Crippen LogP contribution >= 0.6 is 15.9 Å². The molecule has 3 nitrogen and oxygen atoms in total. The van der Waals surface area contributed by atoms with Crippen LogP contribution in [-0.2, 0) is 11.3 Å². The SMILES string of the molecule is O=C1C(=O)N(Cc2cccc(F)c2)c2cc(Br)ccc21. The summed E-state index contributed by atoms with van der Waals surface area (Å²) in [6, 6.07) is 11.0. The second-order valence-electron chi connectivity index (χ2n) is 4.51. The van der Waals surface area contributed by atoms with Crippen molar-refractivity contribution in [3.63, 3.8) is 0 Å². The molecule has 100 valence electrons. The Balaban J connectivity index is 2.01. The van der Waals surface area contributed by atoms with Crippen molar-refractivity contribution in [1.29, 1.82) is 0 Å². The van der Waals surface area contributed by atoms with E-state index >= 15 is 0 Å². The van der Waals surface area contributed by atoms with Crippen LogP contribution in [0.5, 0.6) is 0 Å². The first kappa shape index (κ1) is 13.0. The van der Waals surface area contributed by atoms with Crippen molar-refractivity contribution in [2.45, 2.75) is 6.54 Å². The third-order valence-electron chi connectivity index (χ3n) is 3.16. The van der Waals surface area contributed by atoms with Crippen LogP contribution in [0.2, 0.25) is 0 Å². The van der Waals surface area contributed by atoms with Crippen LogP contribution in [-0.4, -0.2) is 11.7 Å². The highest BCUT2D eigenvalue weighted by Gasteiger charge is 2.35. The fourth-order valence-electron chi connectivity index (χ4n) is 2.24. The highest BCUT2D eigenvalue weighted by molar-refractivity contribution is 9.10. The molecule has 1 amide bonds. The average molecular weight is 334 g/mol. The van der Waals surface area contributed by atoms with E-state index in [1.807, 2.05) is 0 Å². The number of benzene rings is 2. The molecule has 0 radical (unpaired) electrons. The van der Waals surface area contributed by atoms with Gasteiger partial charge in [0.05, 0.1) is 17.8 Å². The zero-order valence-electron chi connectivity index (χ0n) is 10.3. The number of fused-ring (bicyclic) bond motifs is 1. The molecule has 0 saturated heterocycles. The second-order valence-corrected chi connectivity index (χ2v) is 5.43. The lowest BCUT2D eigenvalue weighted by atomic mass is 10.1. The minimum Gasteiger partial charge on any atom is -0.300 e. The van der Waals surface area contributed by atoms with Crippen LogP contribution in [0.4, 0.5) is 10.1 Å². The van der Waals surface area contributed by atoms with Gasteiger partial charge in [-0.3, -0.25) is 9.59 Å². The molecule has 0 saturated carbocycles. The summed E-state index contributed by atoms with van der Waals surface area (Å²) in [5.41, 5.74) is 1.58. The lowest BCUT2D eigenvalue weighted by Gasteiger charge is -2.16. The molecule has 0 aromatic heterocycles. The predicted octanol–water partition coefficient (Wildman–Crippen LogP) is 3.32. The number of ketones is 1. The van der Waals surface area contributed by atoms with Gasteiger partial charge in [-0.1, -0.05) is 28.1 Å². The normalized spacial score (nSPS) is 13.8. The van der Waals surface area contributed by atoms with E-state index in [1.54, 1.807) is 30.3 Å². The number of rotatable bonds is 2. The summed E-state index contributed by atoms with van der Waals surface area (Å²) in [6.45, 7) is 0.172. The first-order chi connectivity index (χ1) is 9.56. The van der Waals surface area contributed by atoms with Crippen LogP contribution < -0.4 is 4.90 Å². The smallest absolute Gasteiger partial charge is 0.299 e. The van der Waals surface area contributed by atoms with Crippen LogP contribution in [0.1, 0.15) is 15.9 Å². The van der Waals surface area contributed by atoms with Gasteiger partial charge in [-0.05, 0) is 35.9 Å². The van der Waals surface area contributed by atoms with Gasteiger partial charge in [0.15, 0.2) is 0 Å². The molecule has 0 fully saturated rings. The van der Waals surface area contributed by atoms with Crippen molar-refractivity contribution in [1.82, 2.24) is 0 Å².